The Morgan fingerprint density at radius 3 is 2.28 bits per heavy atom. The Bertz CT molecular complexity index is 723. The molecule has 9 heteroatoms. The van der Waals surface area contributed by atoms with E-state index < -0.39 is 0 Å². The van der Waals surface area contributed by atoms with Crippen molar-refractivity contribution in [3.8, 4) is 17.2 Å². The van der Waals surface area contributed by atoms with E-state index in [0.29, 0.717) is 23.8 Å². The number of primary amides is 1. The molecule has 1 saturated heterocycles. The van der Waals surface area contributed by atoms with E-state index in [1.807, 2.05) is 19.1 Å². The number of nitrogens with one attached hydrogen (secondary N) is 2. The van der Waals surface area contributed by atoms with Gasteiger partial charge >= 0.3 is 0 Å². The maximum Gasteiger partial charge on any atom is 0.220 e. The number of nitrogens with zero attached hydrogens (tertiary/aromatic N) is 2. The zero-order chi connectivity index (χ0) is 23.3. The molecule has 0 spiro atoms. The first-order valence-corrected chi connectivity index (χ1v) is 11.3. The van der Waals surface area contributed by atoms with Gasteiger partial charge in [-0.05, 0) is 69.9 Å². The Morgan fingerprint density at radius 1 is 1.09 bits per heavy atom. The van der Waals surface area contributed by atoms with Gasteiger partial charge in [0.15, 0.2) is 17.5 Å². The number of guanidine groups is 1. The lowest BCUT2D eigenvalue weighted by Gasteiger charge is -2.30. The number of methoxy groups -OCH3 is 3. The fourth-order valence-corrected chi connectivity index (χ4v) is 3.85. The van der Waals surface area contributed by atoms with Crippen LogP contribution >= 0.6 is 0 Å². The van der Waals surface area contributed by atoms with Crippen molar-refractivity contribution in [2.24, 2.45) is 16.6 Å². The summed E-state index contributed by atoms with van der Waals surface area (Å²) in [6.07, 6.45) is 3.91. The Morgan fingerprint density at radius 2 is 1.75 bits per heavy atom. The zero-order valence-electron chi connectivity index (χ0n) is 19.9. The lowest BCUT2D eigenvalue weighted by atomic mass is 9.96. The van der Waals surface area contributed by atoms with Gasteiger partial charge in [0.2, 0.25) is 11.7 Å². The van der Waals surface area contributed by atoms with Crippen molar-refractivity contribution in [2.45, 2.75) is 39.2 Å². The summed E-state index contributed by atoms with van der Waals surface area (Å²) < 4.78 is 16.2. The van der Waals surface area contributed by atoms with Gasteiger partial charge in [0.05, 0.1) is 27.9 Å². The Balaban J connectivity index is 1.80. The van der Waals surface area contributed by atoms with Crippen LogP contribution in [0, 0.1) is 5.92 Å². The van der Waals surface area contributed by atoms with Gasteiger partial charge in [0.1, 0.15) is 0 Å². The molecule has 4 N–H and O–H groups in total. The summed E-state index contributed by atoms with van der Waals surface area (Å²) in [6.45, 7) is 7.13. The average molecular weight is 450 g/mol. The molecule has 0 bridgehead atoms. The number of ether oxygens (including phenoxy) is 3. The number of carbonyl (C=O) groups is 1. The number of aliphatic imine (C=N–C) groups is 1. The van der Waals surface area contributed by atoms with Crippen molar-refractivity contribution in [3.05, 3.63) is 17.7 Å². The van der Waals surface area contributed by atoms with Crippen LogP contribution < -0.4 is 30.6 Å². The van der Waals surface area contributed by atoms with Crippen molar-refractivity contribution in [1.29, 1.82) is 0 Å². The minimum absolute atomic E-state index is 0.0532. The number of hydrogen-bond acceptors (Lipinski definition) is 6. The molecule has 1 aromatic rings. The number of rotatable bonds is 12. The monoisotopic (exact) mass is 449 g/mol. The number of unbranched alkanes of at least 4 members (excludes halogenated alkanes) is 1. The van der Waals surface area contributed by atoms with E-state index >= 15 is 0 Å². The second-order valence-corrected chi connectivity index (χ2v) is 7.88. The molecule has 180 valence electrons. The molecule has 0 unspecified atom stereocenters. The van der Waals surface area contributed by atoms with Crippen molar-refractivity contribution in [3.63, 3.8) is 0 Å². The number of nitrogens with two attached hydrogens (primary N) is 1. The summed E-state index contributed by atoms with van der Waals surface area (Å²) >= 11 is 0. The van der Waals surface area contributed by atoms with E-state index in [4.69, 9.17) is 24.9 Å². The molecule has 1 amide bonds. The van der Waals surface area contributed by atoms with Gasteiger partial charge in [-0.15, -0.1) is 0 Å². The summed E-state index contributed by atoms with van der Waals surface area (Å²) in [4.78, 5) is 18.4. The lowest BCUT2D eigenvalue weighted by Crippen LogP contribution is -2.39. The van der Waals surface area contributed by atoms with Crippen LogP contribution in [0.5, 0.6) is 17.2 Å². The Kier molecular flexibility index (Phi) is 10.9. The first kappa shape index (κ1) is 25.6. The fraction of sp³-hybridized carbons (Fsp3) is 0.652. The Labute approximate surface area is 191 Å². The molecule has 1 aliphatic rings. The van der Waals surface area contributed by atoms with Gasteiger partial charge in [-0.3, -0.25) is 4.79 Å². The number of likely N-dealkylation sites (tertiary alicyclic amines) is 1. The van der Waals surface area contributed by atoms with Crippen molar-refractivity contribution >= 4 is 11.9 Å². The van der Waals surface area contributed by atoms with Gasteiger partial charge in [0, 0.05) is 19.0 Å². The van der Waals surface area contributed by atoms with E-state index in [9.17, 15) is 4.79 Å². The van der Waals surface area contributed by atoms with Crippen LogP contribution in [0.1, 0.15) is 38.2 Å². The predicted octanol–water partition coefficient (Wildman–Crippen LogP) is 1.75. The van der Waals surface area contributed by atoms with Gasteiger partial charge in [-0.1, -0.05) is 0 Å². The topological polar surface area (TPSA) is 110 Å². The molecule has 0 radical (unpaired) electrons. The molecule has 2 rings (SSSR count). The first-order chi connectivity index (χ1) is 15.5. The normalized spacial score (nSPS) is 15.3. The van der Waals surface area contributed by atoms with Crippen molar-refractivity contribution in [2.75, 3.05) is 54.1 Å². The Hall–Kier alpha value is -2.68. The predicted molar refractivity (Wildman–Crippen MR) is 127 cm³/mol. The molecule has 1 heterocycles. The summed E-state index contributed by atoms with van der Waals surface area (Å²) in [6, 6.07) is 3.83. The standard InChI is InChI=1S/C23H39N5O4/c1-5-25-23(26-10-6-7-11-28-12-8-18(9-13-28)22(24)29)27-16-17-14-19(30-2)21(32-4)20(15-17)31-3/h14-15,18H,5-13,16H2,1-4H3,(H2,24,29)(H2,25,26,27). The van der Waals surface area contributed by atoms with Gasteiger partial charge in [-0.25, -0.2) is 4.99 Å². The smallest absolute Gasteiger partial charge is 0.220 e. The molecule has 1 aliphatic heterocycles. The SMILES string of the molecule is CCNC(=NCc1cc(OC)c(OC)c(OC)c1)NCCCCN1CCC(C(N)=O)CC1. The van der Waals surface area contributed by atoms with Gasteiger partial charge in [0.25, 0.3) is 0 Å². The zero-order valence-corrected chi connectivity index (χ0v) is 19.9. The molecule has 32 heavy (non-hydrogen) atoms. The van der Waals surface area contributed by atoms with Gasteiger partial charge in [-0.2, -0.15) is 0 Å². The number of amides is 1. The molecule has 1 fully saturated rings. The van der Waals surface area contributed by atoms with Gasteiger partial charge < -0.3 is 35.5 Å². The van der Waals surface area contributed by atoms with Crippen LogP contribution in [0.15, 0.2) is 17.1 Å². The molecule has 0 saturated carbocycles. The maximum atomic E-state index is 11.3. The third-order valence-electron chi connectivity index (χ3n) is 5.67. The summed E-state index contributed by atoms with van der Waals surface area (Å²) in [5, 5.41) is 6.69. The highest BCUT2D eigenvalue weighted by Crippen LogP contribution is 2.38. The summed E-state index contributed by atoms with van der Waals surface area (Å²) in [5.41, 5.74) is 6.38. The number of benzene rings is 1. The molecule has 0 aliphatic carbocycles. The van der Waals surface area contributed by atoms with Crippen molar-refractivity contribution in [1.82, 2.24) is 15.5 Å². The molecule has 0 aromatic heterocycles. The van der Waals surface area contributed by atoms with Crippen molar-refractivity contribution < 1.29 is 19.0 Å². The van der Waals surface area contributed by atoms with E-state index in [0.717, 1.165) is 69.9 Å². The quantitative estimate of drug-likeness (QED) is 0.253. The molecule has 1 aromatic carbocycles. The molecule has 9 nitrogen and oxygen atoms in total. The summed E-state index contributed by atoms with van der Waals surface area (Å²) in [7, 11) is 4.81. The minimum Gasteiger partial charge on any atom is -0.493 e. The number of piperidine rings is 1. The van der Waals surface area contributed by atoms with Crippen LogP contribution in [0.25, 0.3) is 0 Å². The third-order valence-corrected chi connectivity index (χ3v) is 5.67. The highest BCUT2D eigenvalue weighted by atomic mass is 16.5. The van der Waals surface area contributed by atoms with E-state index in [-0.39, 0.29) is 11.8 Å². The second-order valence-electron chi connectivity index (χ2n) is 7.88. The lowest BCUT2D eigenvalue weighted by molar-refractivity contribution is -0.123. The summed E-state index contributed by atoms with van der Waals surface area (Å²) in [5.74, 6) is 2.49. The largest absolute Gasteiger partial charge is 0.493 e. The molecular weight excluding hydrogens is 410 g/mol. The number of carbonyl (C=O) groups excluding carboxylic acids is 1. The number of hydrogen-bond donors (Lipinski definition) is 3. The molecule has 0 atom stereocenters. The highest BCUT2D eigenvalue weighted by Gasteiger charge is 2.22. The average Bonchev–Trinajstić information content (AvgIpc) is 2.81. The van der Waals surface area contributed by atoms with E-state index in [1.165, 1.54) is 0 Å². The first-order valence-electron chi connectivity index (χ1n) is 11.3. The van der Waals surface area contributed by atoms with E-state index in [1.54, 1.807) is 21.3 Å². The minimum atomic E-state index is -0.157. The maximum absolute atomic E-state index is 11.3. The highest BCUT2D eigenvalue weighted by molar-refractivity contribution is 5.79. The molecular formula is C23H39N5O4. The van der Waals surface area contributed by atoms with Crippen LogP contribution in [-0.4, -0.2) is 70.8 Å². The second kappa shape index (κ2) is 13.7. The van der Waals surface area contributed by atoms with Crippen LogP contribution in [0.3, 0.4) is 0 Å². The van der Waals surface area contributed by atoms with Crippen LogP contribution in [-0.2, 0) is 11.3 Å². The fourth-order valence-electron chi connectivity index (χ4n) is 3.85. The van der Waals surface area contributed by atoms with Crippen LogP contribution in [0.4, 0.5) is 0 Å². The van der Waals surface area contributed by atoms with E-state index in [2.05, 4.69) is 15.5 Å². The van der Waals surface area contributed by atoms with Crippen LogP contribution in [0.2, 0.25) is 0 Å². The third kappa shape index (κ3) is 7.78.